The van der Waals surface area contributed by atoms with Crippen LogP contribution in [0.2, 0.25) is 0 Å². The summed E-state index contributed by atoms with van der Waals surface area (Å²) in [4.78, 5) is 29.8. The third-order valence-electron chi connectivity index (χ3n) is 4.82. The molecule has 0 amide bonds. The van der Waals surface area contributed by atoms with Gasteiger partial charge in [0, 0.05) is 6.42 Å². The Morgan fingerprint density at radius 3 is 2.52 bits per heavy atom. The fraction of sp³-hybridized carbons (Fsp3) is 0.167. The Bertz CT molecular complexity index is 1480. The van der Waals surface area contributed by atoms with E-state index in [1.54, 1.807) is 31.4 Å². The molecular formula is C24H21N3O5S. The molecule has 0 aliphatic carbocycles. The summed E-state index contributed by atoms with van der Waals surface area (Å²) in [7, 11) is 3.09. The van der Waals surface area contributed by atoms with Gasteiger partial charge in [0.2, 0.25) is 4.96 Å². The lowest BCUT2D eigenvalue weighted by Gasteiger charge is -2.09. The molecule has 0 N–H and O–H groups in total. The molecule has 0 unspecified atom stereocenters. The van der Waals surface area contributed by atoms with Gasteiger partial charge in [0.25, 0.3) is 11.1 Å². The van der Waals surface area contributed by atoms with Gasteiger partial charge in [0.15, 0.2) is 11.5 Å². The molecule has 0 aliphatic rings. The van der Waals surface area contributed by atoms with Gasteiger partial charge in [0.1, 0.15) is 18.1 Å². The van der Waals surface area contributed by atoms with Gasteiger partial charge >= 0.3 is 0 Å². The number of rotatable bonds is 8. The average molecular weight is 464 g/mol. The smallest absolute Gasteiger partial charge is 0.296 e. The normalized spacial score (nSPS) is 11.5. The maximum absolute atomic E-state index is 12.9. The second kappa shape index (κ2) is 9.66. The van der Waals surface area contributed by atoms with E-state index in [2.05, 4.69) is 16.7 Å². The summed E-state index contributed by atoms with van der Waals surface area (Å²) in [6, 6.07) is 12.6. The van der Waals surface area contributed by atoms with Crippen molar-refractivity contribution in [3.8, 4) is 17.2 Å². The molecule has 2 aromatic carbocycles. The van der Waals surface area contributed by atoms with Crippen LogP contribution in [0.15, 0.2) is 64.7 Å². The summed E-state index contributed by atoms with van der Waals surface area (Å²) >= 11 is 1.12. The van der Waals surface area contributed by atoms with Crippen molar-refractivity contribution in [1.29, 1.82) is 0 Å². The highest BCUT2D eigenvalue weighted by Crippen LogP contribution is 2.28. The predicted molar refractivity (Wildman–Crippen MR) is 127 cm³/mol. The Kier molecular flexibility index (Phi) is 6.50. The Labute approximate surface area is 193 Å². The van der Waals surface area contributed by atoms with Crippen molar-refractivity contribution in [2.24, 2.45) is 0 Å². The lowest BCUT2D eigenvalue weighted by atomic mass is 10.1. The molecule has 0 spiro atoms. The van der Waals surface area contributed by atoms with Crippen LogP contribution in [-0.2, 0) is 6.42 Å². The number of nitrogens with zero attached hydrogens (tertiary/aromatic N) is 3. The van der Waals surface area contributed by atoms with Crippen LogP contribution < -0.4 is 29.9 Å². The van der Waals surface area contributed by atoms with Crippen molar-refractivity contribution in [3.05, 3.63) is 97.2 Å². The van der Waals surface area contributed by atoms with Gasteiger partial charge in [-0.05, 0) is 41.5 Å². The molecule has 9 heteroatoms. The number of benzene rings is 2. The van der Waals surface area contributed by atoms with E-state index in [1.165, 1.54) is 11.6 Å². The van der Waals surface area contributed by atoms with Crippen molar-refractivity contribution >= 4 is 22.4 Å². The molecule has 4 rings (SSSR count). The molecule has 0 aliphatic heterocycles. The minimum absolute atomic E-state index is 0.171. The van der Waals surface area contributed by atoms with Crippen LogP contribution in [0, 0.1) is 0 Å². The van der Waals surface area contributed by atoms with Crippen LogP contribution in [0.5, 0.6) is 17.2 Å². The van der Waals surface area contributed by atoms with Crippen molar-refractivity contribution in [2.75, 3.05) is 20.8 Å². The zero-order chi connectivity index (χ0) is 23.4. The maximum atomic E-state index is 12.9. The van der Waals surface area contributed by atoms with Gasteiger partial charge in [0.05, 0.1) is 18.8 Å². The highest BCUT2D eigenvalue weighted by atomic mass is 32.1. The van der Waals surface area contributed by atoms with Gasteiger partial charge in [-0.1, -0.05) is 42.2 Å². The van der Waals surface area contributed by atoms with E-state index in [4.69, 9.17) is 14.2 Å². The van der Waals surface area contributed by atoms with Gasteiger partial charge in [-0.3, -0.25) is 9.59 Å². The highest BCUT2D eigenvalue weighted by molar-refractivity contribution is 7.15. The zero-order valence-electron chi connectivity index (χ0n) is 18.1. The molecule has 4 aromatic rings. The molecule has 0 bridgehead atoms. The monoisotopic (exact) mass is 463 g/mol. The molecule has 2 aromatic heterocycles. The molecule has 0 saturated carbocycles. The summed E-state index contributed by atoms with van der Waals surface area (Å²) in [6.45, 7) is 4.04. The molecule has 8 nitrogen and oxygen atoms in total. The van der Waals surface area contributed by atoms with Gasteiger partial charge in [-0.2, -0.15) is 14.6 Å². The lowest BCUT2D eigenvalue weighted by molar-refractivity contribution is 0.354. The number of hydrogen-bond acceptors (Lipinski definition) is 8. The van der Waals surface area contributed by atoms with E-state index in [0.29, 0.717) is 28.4 Å². The SMILES string of the molecule is C=CCOc1ccc(/C=c2/sc3nc(=O)c(Cc4ccc(OC)c(OC)c4)nn3c2=O)cc1. The maximum Gasteiger partial charge on any atom is 0.296 e. The number of hydrogen-bond donors (Lipinski definition) is 0. The van der Waals surface area contributed by atoms with E-state index in [-0.39, 0.29) is 22.6 Å². The standard InChI is InChI=1S/C24H21N3O5S/c1-4-11-32-17-8-5-15(6-9-17)14-21-23(29)27-24(33-21)25-22(28)18(26-27)12-16-7-10-19(30-2)20(13-16)31-3/h4-10,13-14H,1,11-12H2,2-3H3/b21-14+. The van der Waals surface area contributed by atoms with E-state index in [9.17, 15) is 9.59 Å². The second-order valence-electron chi connectivity index (χ2n) is 7.01. The number of thiazole rings is 1. The van der Waals surface area contributed by atoms with Crippen LogP contribution >= 0.6 is 11.3 Å². The first-order valence-corrected chi connectivity index (χ1v) is 10.8. The number of ether oxygens (including phenoxy) is 3. The van der Waals surface area contributed by atoms with Crippen molar-refractivity contribution < 1.29 is 14.2 Å². The average Bonchev–Trinajstić information content (AvgIpc) is 3.12. The molecule has 0 atom stereocenters. The molecule has 0 saturated heterocycles. The molecular weight excluding hydrogens is 442 g/mol. The highest BCUT2D eigenvalue weighted by Gasteiger charge is 2.13. The van der Waals surface area contributed by atoms with E-state index < -0.39 is 5.56 Å². The van der Waals surface area contributed by atoms with Crippen LogP contribution in [0.3, 0.4) is 0 Å². The summed E-state index contributed by atoms with van der Waals surface area (Å²) in [5, 5.41) is 4.30. The first kappa shape index (κ1) is 22.2. The van der Waals surface area contributed by atoms with Crippen LogP contribution in [0.4, 0.5) is 0 Å². The van der Waals surface area contributed by atoms with Gasteiger partial charge in [-0.15, -0.1) is 0 Å². The van der Waals surface area contributed by atoms with Crippen LogP contribution in [-0.4, -0.2) is 35.4 Å². The molecule has 33 heavy (non-hydrogen) atoms. The number of fused-ring (bicyclic) bond motifs is 1. The molecule has 168 valence electrons. The Balaban J connectivity index is 1.68. The zero-order valence-corrected chi connectivity index (χ0v) is 18.9. The number of aromatic nitrogens is 3. The van der Waals surface area contributed by atoms with E-state index in [1.807, 2.05) is 30.3 Å². The van der Waals surface area contributed by atoms with Crippen LogP contribution in [0.25, 0.3) is 11.0 Å². The third kappa shape index (κ3) is 4.78. The van der Waals surface area contributed by atoms with Crippen LogP contribution in [0.1, 0.15) is 16.8 Å². The topological polar surface area (TPSA) is 92.0 Å². The van der Waals surface area contributed by atoms with Crippen molar-refractivity contribution in [1.82, 2.24) is 14.6 Å². The largest absolute Gasteiger partial charge is 0.493 e. The summed E-state index contributed by atoms with van der Waals surface area (Å²) in [6.07, 6.45) is 3.61. The first-order valence-electron chi connectivity index (χ1n) is 10.0. The number of methoxy groups -OCH3 is 2. The van der Waals surface area contributed by atoms with E-state index in [0.717, 1.165) is 22.5 Å². The minimum atomic E-state index is -0.471. The quantitative estimate of drug-likeness (QED) is 0.370. The van der Waals surface area contributed by atoms with Crippen molar-refractivity contribution in [3.63, 3.8) is 0 Å². The predicted octanol–water partition coefficient (Wildman–Crippen LogP) is 2.23. The third-order valence-corrected chi connectivity index (χ3v) is 5.77. The Hall–Kier alpha value is -3.98. The Morgan fingerprint density at radius 1 is 1.06 bits per heavy atom. The fourth-order valence-corrected chi connectivity index (χ4v) is 4.11. The fourth-order valence-electron chi connectivity index (χ4n) is 3.20. The van der Waals surface area contributed by atoms with Gasteiger partial charge < -0.3 is 14.2 Å². The molecule has 0 radical (unpaired) electrons. The molecule has 2 heterocycles. The van der Waals surface area contributed by atoms with Crippen molar-refractivity contribution in [2.45, 2.75) is 6.42 Å². The minimum Gasteiger partial charge on any atom is -0.493 e. The molecule has 0 fully saturated rings. The van der Waals surface area contributed by atoms with E-state index >= 15 is 0 Å². The lowest BCUT2D eigenvalue weighted by Crippen LogP contribution is -2.28. The summed E-state index contributed by atoms with van der Waals surface area (Å²) in [5.41, 5.74) is 0.972. The summed E-state index contributed by atoms with van der Waals surface area (Å²) < 4.78 is 17.6. The Morgan fingerprint density at radius 2 is 1.82 bits per heavy atom. The second-order valence-corrected chi connectivity index (χ2v) is 8.02. The summed E-state index contributed by atoms with van der Waals surface area (Å²) in [5.74, 6) is 1.83. The van der Waals surface area contributed by atoms with Gasteiger partial charge in [-0.25, -0.2) is 0 Å². The first-order chi connectivity index (χ1) is 16.0.